The molecular weight excluding hydrogens is 202 g/mol. The molecule has 0 aliphatic rings. The molecule has 0 amide bonds. The predicted molar refractivity (Wildman–Crippen MR) is 67.5 cm³/mol. The molecule has 0 bridgehead atoms. The van der Waals surface area contributed by atoms with Crippen molar-refractivity contribution in [2.75, 3.05) is 6.61 Å². The van der Waals surface area contributed by atoms with Gasteiger partial charge in [0, 0.05) is 6.04 Å². The number of nitrogens with one attached hydrogen (secondary N) is 1. The molecule has 0 heterocycles. The maximum Gasteiger partial charge on any atom is 0.323 e. The minimum Gasteiger partial charge on any atom is -0.465 e. The molecule has 1 atom stereocenters. The highest BCUT2D eigenvalue weighted by Crippen LogP contribution is 2.07. The summed E-state index contributed by atoms with van der Waals surface area (Å²) in [6, 6.07) is 0.192. The van der Waals surface area contributed by atoms with Crippen molar-refractivity contribution in [1.29, 1.82) is 0 Å². The highest BCUT2D eigenvalue weighted by molar-refractivity contribution is 5.75. The largest absolute Gasteiger partial charge is 0.465 e. The van der Waals surface area contributed by atoms with Crippen LogP contribution in [0.15, 0.2) is 0 Å². The number of unbranched alkanes of at least 4 members (excludes halogenated alkanes) is 3. The van der Waals surface area contributed by atoms with Gasteiger partial charge in [0.1, 0.15) is 6.04 Å². The Morgan fingerprint density at radius 3 is 2.38 bits per heavy atom. The van der Waals surface area contributed by atoms with Gasteiger partial charge in [0.2, 0.25) is 0 Å². The smallest absolute Gasteiger partial charge is 0.323 e. The van der Waals surface area contributed by atoms with Crippen molar-refractivity contribution in [3.63, 3.8) is 0 Å². The summed E-state index contributed by atoms with van der Waals surface area (Å²) < 4.78 is 5.06. The van der Waals surface area contributed by atoms with Crippen molar-refractivity contribution in [2.45, 2.75) is 71.9 Å². The predicted octanol–water partition coefficient (Wildman–Crippen LogP) is 2.89. The molecule has 1 unspecified atom stereocenters. The molecule has 0 aromatic heterocycles. The molecular formula is C13H27NO2. The average Bonchev–Trinajstić information content (AvgIpc) is 2.22. The summed E-state index contributed by atoms with van der Waals surface area (Å²) in [5.74, 6) is -0.104. The first-order valence-electron chi connectivity index (χ1n) is 6.54. The lowest BCUT2D eigenvalue weighted by molar-refractivity contribution is -0.146. The van der Waals surface area contributed by atoms with Crippen LogP contribution in [0.1, 0.15) is 59.8 Å². The molecule has 3 heteroatoms. The number of hydrogen-bond donors (Lipinski definition) is 1. The molecule has 0 aromatic rings. The monoisotopic (exact) mass is 229 g/mol. The lowest BCUT2D eigenvalue weighted by atomic mass is 10.1. The summed E-state index contributed by atoms with van der Waals surface area (Å²) in [5.41, 5.74) is 0. The van der Waals surface area contributed by atoms with Crippen molar-refractivity contribution in [3.05, 3.63) is 0 Å². The number of ether oxygens (including phenoxy) is 1. The summed E-state index contributed by atoms with van der Waals surface area (Å²) in [6.45, 7) is 8.61. The fraction of sp³-hybridized carbons (Fsp3) is 0.923. The Kier molecular flexibility index (Phi) is 9.30. The highest BCUT2D eigenvalue weighted by atomic mass is 16.5. The number of esters is 1. The SMILES string of the molecule is CCCCCCC(NC(C)C)C(=O)OCC. The van der Waals surface area contributed by atoms with Crippen LogP contribution in [0.5, 0.6) is 0 Å². The number of carbonyl (C=O) groups excluding carboxylic acids is 1. The third-order valence-electron chi connectivity index (χ3n) is 2.45. The van der Waals surface area contributed by atoms with E-state index in [0.717, 1.165) is 12.8 Å². The van der Waals surface area contributed by atoms with Gasteiger partial charge in [0.25, 0.3) is 0 Å². The molecule has 1 N–H and O–H groups in total. The number of rotatable bonds is 9. The van der Waals surface area contributed by atoms with Crippen molar-refractivity contribution in [3.8, 4) is 0 Å². The molecule has 0 aliphatic carbocycles. The third-order valence-corrected chi connectivity index (χ3v) is 2.45. The molecule has 16 heavy (non-hydrogen) atoms. The topological polar surface area (TPSA) is 38.3 Å². The van der Waals surface area contributed by atoms with Crippen LogP contribution in [0.4, 0.5) is 0 Å². The highest BCUT2D eigenvalue weighted by Gasteiger charge is 2.19. The maximum absolute atomic E-state index is 11.7. The van der Waals surface area contributed by atoms with Gasteiger partial charge in [0.15, 0.2) is 0 Å². The second-order valence-corrected chi connectivity index (χ2v) is 4.48. The van der Waals surface area contributed by atoms with Crippen LogP contribution in [0.2, 0.25) is 0 Å². The van der Waals surface area contributed by atoms with E-state index < -0.39 is 0 Å². The third kappa shape index (κ3) is 7.69. The summed E-state index contributed by atoms with van der Waals surface area (Å²) in [6.07, 6.45) is 5.65. The van der Waals surface area contributed by atoms with Crippen LogP contribution in [0, 0.1) is 0 Å². The summed E-state index contributed by atoms with van der Waals surface area (Å²) in [7, 11) is 0. The van der Waals surface area contributed by atoms with Gasteiger partial charge < -0.3 is 10.1 Å². The first-order valence-corrected chi connectivity index (χ1v) is 6.54. The van der Waals surface area contributed by atoms with Gasteiger partial charge in [-0.2, -0.15) is 0 Å². The summed E-state index contributed by atoms with van der Waals surface area (Å²) in [4.78, 5) is 11.7. The first kappa shape index (κ1) is 15.4. The molecule has 96 valence electrons. The molecule has 0 rings (SSSR count). The maximum atomic E-state index is 11.7. The van der Waals surface area contributed by atoms with Gasteiger partial charge in [-0.15, -0.1) is 0 Å². The quantitative estimate of drug-likeness (QED) is 0.488. The average molecular weight is 229 g/mol. The Labute approximate surface area is 99.9 Å². The Bertz CT molecular complexity index is 181. The molecule has 0 aliphatic heterocycles. The molecule has 0 radical (unpaired) electrons. The molecule has 3 nitrogen and oxygen atoms in total. The van der Waals surface area contributed by atoms with E-state index in [9.17, 15) is 4.79 Å². The lowest BCUT2D eigenvalue weighted by Gasteiger charge is -2.19. The van der Waals surface area contributed by atoms with E-state index in [1.54, 1.807) is 0 Å². The zero-order valence-electron chi connectivity index (χ0n) is 11.2. The fourth-order valence-corrected chi connectivity index (χ4v) is 1.69. The van der Waals surface area contributed by atoms with E-state index in [1.165, 1.54) is 19.3 Å². The van der Waals surface area contributed by atoms with Crippen LogP contribution in [0.3, 0.4) is 0 Å². The van der Waals surface area contributed by atoms with Gasteiger partial charge in [-0.05, 0) is 13.3 Å². The summed E-state index contributed by atoms with van der Waals surface area (Å²) in [5, 5.41) is 3.27. The molecule has 0 saturated heterocycles. The second-order valence-electron chi connectivity index (χ2n) is 4.48. The van der Waals surface area contributed by atoms with E-state index in [4.69, 9.17) is 4.74 Å². The lowest BCUT2D eigenvalue weighted by Crippen LogP contribution is -2.41. The zero-order valence-corrected chi connectivity index (χ0v) is 11.2. The van der Waals surface area contributed by atoms with Gasteiger partial charge in [0.05, 0.1) is 6.61 Å². The minimum atomic E-state index is -0.128. The van der Waals surface area contributed by atoms with Crippen LogP contribution < -0.4 is 5.32 Å². The van der Waals surface area contributed by atoms with E-state index in [1.807, 2.05) is 6.92 Å². The Balaban J connectivity index is 3.94. The van der Waals surface area contributed by atoms with Gasteiger partial charge >= 0.3 is 5.97 Å². The standard InChI is InChI=1S/C13H27NO2/c1-5-7-8-9-10-12(14-11(3)4)13(15)16-6-2/h11-12,14H,5-10H2,1-4H3. The van der Waals surface area contributed by atoms with Gasteiger partial charge in [-0.1, -0.05) is 46.5 Å². The first-order chi connectivity index (χ1) is 7.61. The van der Waals surface area contributed by atoms with E-state index in [0.29, 0.717) is 12.6 Å². The van der Waals surface area contributed by atoms with Crippen molar-refractivity contribution < 1.29 is 9.53 Å². The normalized spacial score (nSPS) is 12.8. The number of carbonyl (C=O) groups is 1. The molecule has 0 spiro atoms. The van der Waals surface area contributed by atoms with Crippen LogP contribution >= 0.6 is 0 Å². The van der Waals surface area contributed by atoms with Crippen LogP contribution in [-0.4, -0.2) is 24.7 Å². The second kappa shape index (κ2) is 9.64. The van der Waals surface area contributed by atoms with Crippen molar-refractivity contribution in [2.24, 2.45) is 0 Å². The zero-order chi connectivity index (χ0) is 12.4. The van der Waals surface area contributed by atoms with Crippen molar-refractivity contribution >= 4 is 5.97 Å². The van der Waals surface area contributed by atoms with E-state index in [2.05, 4.69) is 26.1 Å². The summed E-state index contributed by atoms with van der Waals surface area (Å²) >= 11 is 0. The van der Waals surface area contributed by atoms with Crippen LogP contribution in [0.25, 0.3) is 0 Å². The molecule has 0 saturated carbocycles. The molecule has 0 fully saturated rings. The minimum absolute atomic E-state index is 0.104. The van der Waals surface area contributed by atoms with E-state index >= 15 is 0 Å². The van der Waals surface area contributed by atoms with Crippen LogP contribution in [-0.2, 0) is 9.53 Å². The Morgan fingerprint density at radius 2 is 1.88 bits per heavy atom. The Hall–Kier alpha value is -0.570. The number of hydrogen-bond acceptors (Lipinski definition) is 3. The van der Waals surface area contributed by atoms with E-state index in [-0.39, 0.29) is 12.0 Å². The van der Waals surface area contributed by atoms with Gasteiger partial charge in [-0.3, -0.25) is 4.79 Å². The Morgan fingerprint density at radius 1 is 1.19 bits per heavy atom. The fourth-order valence-electron chi connectivity index (χ4n) is 1.69. The molecule has 0 aromatic carbocycles. The van der Waals surface area contributed by atoms with Crippen molar-refractivity contribution in [1.82, 2.24) is 5.32 Å². The van der Waals surface area contributed by atoms with Gasteiger partial charge in [-0.25, -0.2) is 0 Å².